The van der Waals surface area contributed by atoms with Crippen molar-refractivity contribution in [2.45, 2.75) is 0 Å². The third-order valence-electron chi connectivity index (χ3n) is 4.92. The quantitative estimate of drug-likeness (QED) is 0.417. The Labute approximate surface area is 176 Å². The molecule has 146 valence electrons. The number of nitrogens with zero attached hydrogens (tertiary/aromatic N) is 2. The first-order valence-corrected chi connectivity index (χ1v) is 10.1. The van der Waals surface area contributed by atoms with Gasteiger partial charge in [-0.05, 0) is 60.8 Å². The second kappa shape index (κ2) is 8.64. The molecule has 3 nitrogen and oxygen atoms in total. The van der Waals surface area contributed by atoms with Gasteiger partial charge in [0, 0.05) is 29.2 Å². The molecule has 1 aromatic heterocycles. The van der Waals surface area contributed by atoms with E-state index in [1.54, 1.807) is 0 Å². The molecule has 0 saturated heterocycles. The van der Waals surface area contributed by atoms with Crippen LogP contribution in [0.25, 0.3) is 33.8 Å². The van der Waals surface area contributed by atoms with E-state index in [0.717, 1.165) is 35.4 Å². The predicted octanol–water partition coefficient (Wildman–Crippen LogP) is 6.19. The van der Waals surface area contributed by atoms with Gasteiger partial charge in [0.2, 0.25) is 0 Å². The van der Waals surface area contributed by atoms with Crippen LogP contribution in [0.15, 0.2) is 66.7 Å². The number of anilines is 1. The molecule has 4 heteroatoms. The minimum absolute atomic E-state index is 0.717. The summed E-state index contributed by atoms with van der Waals surface area (Å²) in [6.45, 7) is 1.80. The molecule has 4 rings (SSSR count). The van der Waals surface area contributed by atoms with Crippen LogP contribution in [0.2, 0.25) is 5.02 Å². The van der Waals surface area contributed by atoms with Crippen molar-refractivity contribution in [2.75, 3.05) is 32.5 Å². The molecule has 0 unspecified atom stereocenters. The highest BCUT2D eigenvalue weighted by molar-refractivity contribution is 6.31. The number of halogens is 1. The number of nitrogens with one attached hydrogen (secondary N) is 1. The average molecular weight is 402 g/mol. The third-order valence-corrected chi connectivity index (χ3v) is 5.16. The molecule has 4 aromatic rings. The number of aromatic nitrogens is 1. The molecule has 0 bridgehead atoms. The number of hydrogen-bond donors (Lipinski definition) is 1. The lowest BCUT2D eigenvalue weighted by atomic mass is 10.0. The maximum absolute atomic E-state index is 6.23. The van der Waals surface area contributed by atoms with Gasteiger partial charge in [0.05, 0.1) is 11.2 Å². The highest BCUT2D eigenvalue weighted by atomic mass is 35.5. The van der Waals surface area contributed by atoms with Crippen molar-refractivity contribution in [2.24, 2.45) is 0 Å². The van der Waals surface area contributed by atoms with E-state index in [2.05, 4.69) is 85.0 Å². The Kier molecular flexibility index (Phi) is 5.79. The van der Waals surface area contributed by atoms with Crippen LogP contribution in [-0.2, 0) is 0 Å². The molecule has 0 saturated carbocycles. The van der Waals surface area contributed by atoms with Gasteiger partial charge in [-0.15, -0.1) is 0 Å². The zero-order valence-corrected chi connectivity index (χ0v) is 17.4. The van der Waals surface area contributed by atoms with Gasteiger partial charge in [-0.3, -0.25) is 0 Å². The second-order valence-electron chi connectivity index (χ2n) is 7.39. The lowest BCUT2D eigenvalue weighted by molar-refractivity contribution is 0.425. The van der Waals surface area contributed by atoms with Gasteiger partial charge in [-0.1, -0.05) is 60.1 Å². The van der Waals surface area contributed by atoms with Gasteiger partial charge in [-0.2, -0.15) is 0 Å². The zero-order valence-electron chi connectivity index (χ0n) is 16.7. The Morgan fingerprint density at radius 1 is 0.931 bits per heavy atom. The van der Waals surface area contributed by atoms with Crippen LogP contribution >= 0.6 is 11.6 Å². The van der Waals surface area contributed by atoms with Crippen molar-refractivity contribution in [3.05, 3.63) is 83.0 Å². The molecule has 0 aliphatic carbocycles. The summed E-state index contributed by atoms with van der Waals surface area (Å²) in [4.78, 5) is 6.98. The molecule has 0 amide bonds. The first kappa shape index (κ1) is 19.4. The highest BCUT2D eigenvalue weighted by Crippen LogP contribution is 2.27. The summed E-state index contributed by atoms with van der Waals surface area (Å²) < 4.78 is 0. The van der Waals surface area contributed by atoms with E-state index in [1.165, 1.54) is 16.3 Å². The number of fused-ring (bicyclic) bond motifs is 2. The SMILES string of the molecule is CN(C)CCNc1cc(/C=C/c2cccc3ccccc23)nc2ccc(Cl)cc12. The van der Waals surface area contributed by atoms with Gasteiger partial charge in [-0.25, -0.2) is 4.98 Å². The van der Waals surface area contributed by atoms with Gasteiger partial charge in [0.15, 0.2) is 0 Å². The smallest absolute Gasteiger partial charge is 0.0731 e. The lowest BCUT2D eigenvalue weighted by Gasteiger charge is -2.14. The fourth-order valence-corrected chi connectivity index (χ4v) is 3.61. The number of hydrogen-bond acceptors (Lipinski definition) is 3. The molecule has 0 fully saturated rings. The third kappa shape index (κ3) is 4.58. The van der Waals surface area contributed by atoms with E-state index in [9.17, 15) is 0 Å². The van der Waals surface area contributed by atoms with Gasteiger partial charge >= 0.3 is 0 Å². The molecule has 0 aliphatic rings. The monoisotopic (exact) mass is 401 g/mol. The van der Waals surface area contributed by atoms with Crippen LogP contribution in [0.3, 0.4) is 0 Å². The summed E-state index contributed by atoms with van der Waals surface area (Å²) in [5.74, 6) is 0. The van der Waals surface area contributed by atoms with Crippen molar-refractivity contribution < 1.29 is 0 Å². The average Bonchev–Trinajstić information content (AvgIpc) is 2.72. The van der Waals surface area contributed by atoms with Gasteiger partial charge < -0.3 is 10.2 Å². The van der Waals surface area contributed by atoms with Crippen LogP contribution in [0.1, 0.15) is 11.3 Å². The largest absolute Gasteiger partial charge is 0.383 e. The summed E-state index contributed by atoms with van der Waals surface area (Å²) in [6.07, 6.45) is 4.21. The summed E-state index contributed by atoms with van der Waals surface area (Å²) in [5, 5.41) is 7.77. The minimum Gasteiger partial charge on any atom is -0.383 e. The van der Waals surface area contributed by atoms with E-state index < -0.39 is 0 Å². The van der Waals surface area contributed by atoms with Gasteiger partial charge in [0.25, 0.3) is 0 Å². The van der Waals surface area contributed by atoms with Crippen molar-refractivity contribution in [1.29, 1.82) is 0 Å². The molecule has 0 spiro atoms. The van der Waals surface area contributed by atoms with Crippen LogP contribution in [0.4, 0.5) is 5.69 Å². The van der Waals surface area contributed by atoms with Crippen LogP contribution in [-0.4, -0.2) is 37.1 Å². The molecule has 3 aromatic carbocycles. The number of likely N-dealkylation sites (N-methyl/N-ethyl adjacent to an activating group) is 1. The van der Waals surface area contributed by atoms with E-state index >= 15 is 0 Å². The first-order valence-electron chi connectivity index (χ1n) is 9.75. The van der Waals surface area contributed by atoms with Crippen molar-refractivity contribution in [3.63, 3.8) is 0 Å². The minimum atomic E-state index is 0.717. The Morgan fingerprint density at radius 2 is 1.76 bits per heavy atom. The van der Waals surface area contributed by atoms with Crippen LogP contribution in [0, 0.1) is 0 Å². The Hall–Kier alpha value is -2.88. The summed E-state index contributed by atoms with van der Waals surface area (Å²) >= 11 is 6.23. The van der Waals surface area contributed by atoms with E-state index in [0.29, 0.717) is 5.02 Å². The lowest BCUT2D eigenvalue weighted by Crippen LogP contribution is -2.20. The fourth-order valence-electron chi connectivity index (χ4n) is 3.44. The Morgan fingerprint density at radius 3 is 2.62 bits per heavy atom. The maximum atomic E-state index is 6.23. The highest BCUT2D eigenvalue weighted by Gasteiger charge is 2.06. The molecule has 0 aliphatic heterocycles. The normalized spacial score (nSPS) is 11.7. The van der Waals surface area contributed by atoms with Crippen molar-refractivity contribution in [1.82, 2.24) is 9.88 Å². The number of benzene rings is 3. The first-order chi connectivity index (χ1) is 14.1. The maximum Gasteiger partial charge on any atom is 0.0731 e. The van der Waals surface area contributed by atoms with E-state index in [-0.39, 0.29) is 0 Å². The Balaban J connectivity index is 1.71. The summed E-state index contributed by atoms with van der Waals surface area (Å²) in [7, 11) is 4.14. The summed E-state index contributed by atoms with van der Waals surface area (Å²) in [5.41, 5.74) is 4.09. The van der Waals surface area contributed by atoms with Crippen LogP contribution in [0.5, 0.6) is 0 Å². The Bertz CT molecular complexity index is 1180. The molecule has 1 heterocycles. The van der Waals surface area contributed by atoms with Crippen molar-refractivity contribution in [3.8, 4) is 0 Å². The van der Waals surface area contributed by atoms with Crippen molar-refractivity contribution >= 4 is 51.1 Å². The number of rotatable bonds is 6. The molecule has 29 heavy (non-hydrogen) atoms. The summed E-state index contributed by atoms with van der Waals surface area (Å²) in [6, 6.07) is 22.7. The molecule has 0 atom stereocenters. The molecular formula is C25H24ClN3. The van der Waals surface area contributed by atoms with E-state index in [1.807, 2.05) is 18.2 Å². The predicted molar refractivity (Wildman–Crippen MR) is 127 cm³/mol. The number of pyridine rings is 1. The van der Waals surface area contributed by atoms with Crippen LogP contribution < -0.4 is 5.32 Å². The van der Waals surface area contributed by atoms with Gasteiger partial charge in [0.1, 0.15) is 0 Å². The fraction of sp³-hybridized carbons (Fsp3) is 0.160. The molecule has 1 N–H and O–H groups in total. The molecule has 0 radical (unpaired) electrons. The second-order valence-corrected chi connectivity index (χ2v) is 7.82. The zero-order chi connectivity index (χ0) is 20.2. The van der Waals surface area contributed by atoms with E-state index in [4.69, 9.17) is 16.6 Å². The standard InChI is InChI=1S/C25H24ClN3/c1-29(2)15-14-27-25-17-21(28-24-13-11-20(26)16-23(24)25)12-10-19-8-5-7-18-6-3-4-9-22(18)19/h3-13,16-17H,14-15H2,1-2H3,(H,27,28)/b12-10+. The topological polar surface area (TPSA) is 28.2 Å². The molecular weight excluding hydrogens is 378 g/mol.